The van der Waals surface area contributed by atoms with Gasteiger partial charge in [0.25, 0.3) is 0 Å². The van der Waals surface area contributed by atoms with Gasteiger partial charge in [-0.1, -0.05) is 13.8 Å². The summed E-state index contributed by atoms with van der Waals surface area (Å²) in [5.41, 5.74) is -0.447. The Labute approximate surface area is 137 Å². The molecule has 0 aliphatic carbocycles. The van der Waals surface area contributed by atoms with Crippen LogP contribution in [0.3, 0.4) is 0 Å². The minimum atomic E-state index is -0.447. The van der Waals surface area contributed by atoms with Crippen LogP contribution in [-0.2, 0) is 4.74 Å². The lowest BCUT2D eigenvalue weighted by atomic mass is 9.96. The molecule has 132 valence electrons. The van der Waals surface area contributed by atoms with E-state index in [1.807, 2.05) is 20.8 Å². The number of nitrogens with zero attached hydrogens (tertiary/aromatic N) is 1. The van der Waals surface area contributed by atoms with Crippen molar-refractivity contribution >= 4 is 6.09 Å². The quantitative estimate of drug-likeness (QED) is 0.642. The fourth-order valence-corrected chi connectivity index (χ4v) is 1.87. The summed E-state index contributed by atoms with van der Waals surface area (Å²) in [4.78, 5) is 14.0. The Hall–Kier alpha value is -0.810. The monoisotopic (exact) mass is 315 g/mol. The molecule has 5 nitrogen and oxygen atoms in total. The number of amides is 1. The van der Waals surface area contributed by atoms with Crippen molar-refractivity contribution in [2.45, 2.75) is 60.1 Å². The van der Waals surface area contributed by atoms with Gasteiger partial charge in [-0.25, -0.2) is 4.79 Å². The van der Waals surface area contributed by atoms with Crippen molar-refractivity contribution in [3.63, 3.8) is 0 Å². The second-order valence-corrected chi connectivity index (χ2v) is 7.67. The van der Waals surface area contributed by atoms with Crippen LogP contribution < -0.4 is 10.6 Å². The van der Waals surface area contributed by atoms with Crippen LogP contribution in [0.2, 0.25) is 0 Å². The van der Waals surface area contributed by atoms with Crippen LogP contribution in [0.5, 0.6) is 0 Å². The lowest BCUT2D eigenvalue weighted by Gasteiger charge is -2.25. The van der Waals surface area contributed by atoms with Crippen LogP contribution in [0.1, 0.15) is 48.5 Å². The maximum absolute atomic E-state index is 11.7. The summed E-state index contributed by atoms with van der Waals surface area (Å²) in [5, 5.41) is 6.37. The van der Waals surface area contributed by atoms with Gasteiger partial charge in [-0.2, -0.15) is 0 Å². The molecule has 22 heavy (non-hydrogen) atoms. The average Bonchev–Trinajstić information content (AvgIpc) is 2.34. The van der Waals surface area contributed by atoms with Gasteiger partial charge in [-0.3, -0.25) is 0 Å². The van der Waals surface area contributed by atoms with Crippen molar-refractivity contribution in [1.29, 1.82) is 0 Å². The molecule has 0 rings (SSSR count). The molecular formula is C17H37N3O2. The molecule has 0 radical (unpaired) electrons. The zero-order chi connectivity index (χ0) is 17.3. The molecule has 0 aliphatic rings. The zero-order valence-electron chi connectivity index (χ0n) is 15.8. The fraction of sp³-hybridized carbons (Fsp3) is 0.941. The summed E-state index contributed by atoms with van der Waals surface area (Å²) in [6.45, 7) is 17.9. The largest absolute Gasteiger partial charge is 0.444 e. The van der Waals surface area contributed by atoms with Crippen LogP contribution in [-0.4, -0.2) is 55.9 Å². The Morgan fingerprint density at radius 1 is 1.14 bits per heavy atom. The van der Waals surface area contributed by atoms with Gasteiger partial charge in [0.15, 0.2) is 0 Å². The highest BCUT2D eigenvalue weighted by Crippen LogP contribution is 2.10. The normalized spacial score (nSPS) is 13.8. The van der Waals surface area contributed by atoms with E-state index in [-0.39, 0.29) is 6.09 Å². The maximum atomic E-state index is 11.7. The Morgan fingerprint density at radius 3 is 2.18 bits per heavy atom. The molecule has 0 spiro atoms. The van der Waals surface area contributed by atoms with Gasteiger partial charge in [-0.15, -0.1) is 0 Å². The first-order valence-electron chi connectivity index (χ1n) is 8.40. The third-order valence-electron chi connectivity index (χ3n) is 3.78. The number of hydrogen-bond donors (Lipinski definition) is 2. The zero-order valence-corrected chi connectivity index (χ0v) is 15.8. The summed E-state index contributed by atoms with van der Waals surface area (Å²) >= 11 is 0. The van der Waals surface area contributed by atoms with Crippen molar-refractivity contribution in [3.8, 4) is 0 Å². The van der Waals surface area contributed by atoms with Crippen LogP contribution in [0.25, 0.3) is 0 Å². The highest BCUT2D eigenvalue weighted by molar-refractivity contribution is 5.67. The molecule has 0 aromatic rings. The van der Waals surface area contributed by atoms with Crippen LogP contribution >= 0.6 is 0 Å². The van der Waals surface area contributed by atoms with E-state index in [1.54, 1.807) is 0 Å². The molecule has 0 aromatic heterocycles. The van der Waals surface area contributed by atoms with Gasteiger partial charge in [0, 0.05) is 25.7 Å². The SMILES string of the molecule is CC(C)C(CNCCN(C)C(C)C)CNC(=O)OC(C)(C)C. The molecular weight excluding hydrogens is 278 g/mol. The van der Waals surface area contributed by atoms with Crippen molar-refractivity contribution in [2.24, 2.45) is 11.8 Å². The highest BCUT2D eigenvalue weighted by atomic mass is 16.6. The molecule has 5 heteroatoms. The molecule has 0 saturated carbocycles. The first kappa shape index (κ1) is 21.2. The number of ether oxygens (including phenoxy) is 1. The average molecular weight is 316 g/mol. The highest BCUT2D eigenvalue weighted by Gasteiger charge is 2.19. The molecule has 1 amide bonds. The number of hydrogen-bond acceptors (Lipinski definition) is 4. The third-order valence-corrected chi connectivity index (χ3v) is 3.78. The van der Waals surface area contributed by atoms with E-state index in [4.69, 9.17) is 4.74 Å². The number of rotatable bonds is 9. The Kier molecular flexibility index (Phi) is 9.69. The minimum absolute atomic E-state index is 0.335. The van der Waals surface area contributed by atoms with Gasteiger partial charge < -0.3 is 20.3 Å². The summed E-state index contributed by atoms with van der Waals surface area (Å²) in [5.74, 6) is 0.905. The predicted molar refractivity (Wildman–Crippen MR) is 93.2 cm³/mol. The standard InChI is InChI=1S/C17H37N3O2/c1-13(2)15(11-18-9-10-20(8)14(3)4)12-19-16(21)22-17(5,6)7/h13-15,18H,9-12H2,1-8H3,(H,19,21). The molecule has 0 aromatic carbocycles. The molecule has 0 heterocycles. The second-order valence-electron chi connectivity index (χ2n) is 7.67. The minimum Gasteiger partial charge on any atom is -0.444 e. The van der Waals surface area contributed by atoms with E-state index < -0.39 is 5.60 Å². The molecule has 1 unspecified atom stereocenters. The third kappa shape index (κ3) is 10.9. The summed E-state index contributed by atoms with van der Waals surface area (Å²) in [7, 11) is 2.14. The molecule has 1 atom stereocenters. The van der Waals surface area contributed by atoms with E-state index in [1.165, 1.54) is 0 Å². The lowest BCUT2D eigenvalue weighted by Crippen LogP contribution is -2.41. The number of nitrogens with one attached hydrogen (secondary N) is 2. The van der Waals surface area contributed by atoms with E-state index in [2.05, 4.69) is 50.3 Å². The summed E-state index contributed by atoms with van der Waals surface area (Å²) in [6.07, 6.45) is -0.335. The fourth-order valence-electron chi connectivity index (χ4n) is 1.87. The number of likely N-dealkylation sites (N-methyl/N-ethyl adjacent to an activating group) is 1. The number of carbonyl (C=O) groups excluding carboxylic acids is 1. The van der Waals surface area contributed by atoms with Crippen molar-refractivity contribution < 1.29 is 9.53 Å². The predicted octanol–water partition coefficient (Wildman–Crippen LogP) is 2.71. The molecule has 0 fully saturated rings. The van der Waals surface area contributed by atoms with E-state index in [0.29, 0.717) is 24.4 Å². The molecule has 0 aliphatic heterocycles. The summed E-state index contributed by atoms with van der Waals surface area (Å²) < 4.78 is 5.27. The molecule has 0 bridgehead atoms. The van der Waals surface area contributed by atoms with Gasteiger partial charge in [0.1, 0.15) is 5.60 Å². The Balaban J connectivity index is 4.04. The lowest BCUT2D eigenvalue weighted by molar-refractivity contribution is 0.0515. The van der Waals surface area contributed by atoms with E-state index in [9.17, 15) is 4.79 Å². The van der Waals surface area contributed by atoms with Crippen LogP contribution in [0.4, 0.5) is 4.79 Å². The maximum Gasteiger partial charge on any atom is 0.407 e. The van der Waals surface area contributed by atoms with Crippen molar-refractivity contribution in [3.05, 3.63) is 0 Å². The Morgan fingerprint density at radius 2 is 1.73 bits per heavy atom. The molecule has 0 saturated heterocycles. The van der Waals surface area contributed by atoms with Crippen molar-refractivity contribution in [1.82, 2.24) is 15.5 Å². The van der Waals surface area contributed by atoms with Gasteiger partial charge in [0.05, 0.1) is 0 Å². The van der Waals surface area contributed by atoms with Gasteiger partial charge >= 0.3 is 6.09 Å². The van der Waals surface area contributed by atoms with Gasteiger partial charge in [0.2, 0.25) is 0 Å². The number of alkyl carbamates (subject to hydrolysis) is 1. The number of carbonyl (C=O) groups is 1. The van der Waals surface area contributed by atoms with Crippen LogP contribution in [0.15, 0.2) is 0 Å². The Bertz CT molecular complexity index is 312. The smallest absolute Gasteiger partial charge is 0.407 e. The van der Waals surface area contributed by atoms with E-state index >= 15 is 0 Å². The first-order chi connectivity index (χ1) is 10.0. The summed E-state index contributed by atoms with van der Waals surface area (Å²) in [6, 6.07) is 0.566. The first-order valence-corrected chi connectivity index (χ1v) is 8.40. The van der Waals surface area contributed by atoms with Gasteiger partial charge in [-0.05, 0) is 60.0 Å². The molecule has 2 N–H and O–H groups in total. The van der Waals surface area contributed by atoms with Crippen molar-refractivity contribution in [2.75, 3.05) is 33.2 Å². The topological polar surface area (TPSA) is 53.6 Å². The van der Waals surface area contributed by atoms with Crippen LogP contribution in [0, 0.1) is 11.8 Å². The van der Waals surface area contributed by atoms with E-state index in [0.717, 1.165) is 19.6 Å². The second kappa shape index (κ2) is 10.1.